The Kier molecular flexibility index (Phi) is 3.79. The maximum Gasteiger partial charge on any atom is 0.312 e. The summed E-state index contributed by atoms with van der Waals surface area (Å²) in [7, 11) is 0. The molecule has 0 unspecified atom stereocenters. The predicted molar refractivity (Wildman–Crippen MR) is 69.5 cm³/mol. The van der Waals surface area contributed by atoms with Crippen molar-refractivity contribution >= 4 is 17.3 Å². The van der Waals surface area contributed by atoms with Crippen molar-refractivity contribution in [2.24, 2.45) is 10.9 Å². The molecule has 0 saturated carbocycles. The molecule has 2 rings (SSSR count). The van der Waals surface area contributed by atoms with Gasteiger partial charge in [0.2, 0.25) is 5.82 Å². The molecule has 1 fully saturated rings. The average molecular weight is 265 g/mol. The molecule has 1 aromatic heterocycles. The van der Waals surface area contributed by atoms with Crippen molar-refractivity contribution in [2.45, 2.75) is 19.3 Å². The van der Waals surface area contributed by atoms with Gasteiger partial charge in [0.1, 0.15) is 0 Å². The van der Waals surface area contributed by atoms with E-state index in [1.807, 2.05) is 4.90 Å². The largest absolute Gasteiger partial charge is 0.409 e. The normalized spacial score (nSPS) is 16.4. The maximum atomic E-state index is 11.1. The first-order chi connectivity index (χ1) is 9.13. The minimum atomic E-state index is -0.495. The second-order valence-electron chi connectivity index (χ2n) is 4.36. The van der Waals surface area contributed by atoms with Crippen molar-refractivity contribution in [2.75, 3.05) is 18.0 Å². The van der Waals surface area contributed by atoms with Crippen molar-refractivity contribution in [3.05, 3.63) is 27.9 Å². The van der Waals surface area contributed by atoms with Crippen LogP contribution in [0, 0.1) is 10.1 Å². The van der Waals surface area contributed by atoms with Gasteiger partial charge < -0.3 is 15.8 Å². The molecular formula is C11H15N5O3. The SMILES string of the molecule is NC(=NO)c1cnc(N2CCCCC2)c([N+](=O)[O-])c1. The molecule has 3 N–H and O–H groups in total. The molecule has 0 bridgehead atoms. The van der Waals surface area contributed by atoms with E-state index in [-0.39, 0.29) is 17.1 Å². The van der Waals surface area contributed by atoms with Crippen LogP contribution < -0.4 is 10.6 Å². The van der Waals surface area contributed by atoms with Gasteiger partial charge in [0.15, 0.2) is 5.84 Å². The Balaban J connectivity index is 2.40. The van der Waals surface area contributed by atoms with E-state index >= 15 is 0 Å². The number of nitrogens with two attached hydrogens (primary N) is 1. The number of oxime groups is 1. The van der Waals surface area contributed by atoms with Crippen LogP contribution >= 0.6 is 0 Å². The van der Waals surface area contributed by atoms with Crippen LogP contribution in [0.4, 0.5) is 11.5 Å². The summed E-state index contributed by atoms with van der Waals surface area (Å²) >= 11 is 0. The quantitative estimate of drug-likeness (QED) is 0.277. The average Bonchev–Trinajstić information content (AvgIpc) is 2.46. The predicted octanol–water partition coefficient (Wildman–Crippen LogP) is 1.07. The third kappa shape index (κ3) is 2.72. The molecule has 0 spiro atoms. The van der Waals surface area contributed by atoms with Crippen LogP contribution in [0.3, 0.4) is 0 Å². The van der Waals surface area contributed by atoms with Gasteiger partial charge in [0.05, 0.1) is 4.92 Å². The number of hydrogen-bond donors (Lipinski definition) is 2. The zero-order chi connectivity index (χ0) is 13.8. The molecule has 0 aliphatic carbocycles. The lowest BCUT2D eigenvalue weighted by Gasteiger charge is -2.27. The standard InChI is InChI=1S/C11H15N5O3/c12-10(14-17)8-6-9(16(18)19)11(13-7-8)15-4-2-1-3-5-15/h6-7,17H,1-5H2,(H2,12,14). The van der Waals surface area contributed by atoms with Crippen LogP contribution in [0.5, 0.6) is 0 Å². The fourth-order valence-corrected chi connectivity index (χ4v) is 2.13. The summed E-state index contributed by atoms with van der Waals surface area (Å²) < 4.78 is 0. The van der Waals surface area contributed by atoms with E-state index in [4.69, 9.17) is 10.9 Å². The van der Waals surface area contributed by atoms with E-state index in [0.717, 1.165) is 32.4 Å². The molecule has 1 saturated heterocycles. The number of nitro groups is 1. The summed E-state index contributed by atoms with van der Waals surface area (Å²) in [5.41, 5.74) is 5.53. The van der Waals surface area contributed by atoms with Gasteiger partial charge in [-0.25, -0.2) is 4.98 Å². The lowest BCUT2D eigenvalue weighted by molar-refractivity contribution is -0.384. The first-order valence-electron chi connectivity index (χ1n) is 6.00. The lowest BCUT2D eigenvalue weighted by Crippen LogP contribution is -2.31. The molecule has 1 aromatic rings. The minimum absolute atomic E-state index is 0.119. The van der Waals surface area contributed by atoms with Crippen LogP contribution in [0.2, 0.25) is 0 Å². The summed E-state index contributed by atoms with van der Waals surface area (Å²) in [6, 6.07) is 1.28. The molecule has 19 heavy (non-hydrogen) atoms. The van der Waals surface area contributed by atoms with E-state index in [9.17, 15) is 10.1 Å². The number of nitrogens with zero attached hydrogens (tertiary/aromatic N) is 4. The van der Waals surface area contributed by atoms with E-state index in [0.29, 0.717) is 5.82 Å². The van der Waals surface area contributed by atoms with E-state index < -0.39 is 4.92 Å². The molecule has 1 aliphatic rings. The van der Waals surface area contributed by atoms with Gasteiger partial charge in [-0.2, -0.15) is 0 Å². The van der Waals surface area contributed by atoms with Crippen molar-refractivity contribution in [3.8, 4) is 0 Å². The number of pyridine rings is 1. The number of aromatic nitrogens is 1. The highest BCUT2D eigenvalue weighted by Crippen LogP contribution is 2.28. The smallest absolute Gasteiger partial charge is 0.312 e. The summed E-state index contributed by atoms with van der Waals surface area (Å²) in [5.74, 6) is 0.153. The summed E-state index contributed by atoms with van der Waals surface area (Å²) in [6.45, 7) is 1.52. The molecule has 0 atom stereocenters. The van der Waals surface area contributed by atoms with Gasteiger partial charge in [-0.1, -0.05) is 5.16 Å². The molecule has 8 nitrogen and oxygen atoms in total. The Morgan fingerprint density at radius 2 is 2.16 bits per heavy atom. The van der Waals surface area contributed by atoms with Gasteiger partial charge in [-0.3, -0.25) is 10.1 Å². The Morgan fingerprint density at radius 1 is 1.47 bits per heavy atom. The maximum absolute atomic E-state index is 11.1. The van der Waals surface area contributed by atoms with E-state index in [1.54, 1.807) is 0 Å². The number of hydrogen-bond acceptors (Lipinski definition) is 6. The van der Waals surface area contributed by atoms with Gasteiger partial charge in [-0.05, 0) is 19.3 Å². The molecule has 1 aliphatic heterocycles. The first kappa shape index (κ1) is 13.1. The van der Waals surface area contributed by atoms with Crippen molar-refractivity contribution in [1.82, 2.24) is 4.98 Å². The van der Waals surface area contributed by atoms with Gasteiger partial charge in [0.25, 0.3) is 0 Å². The number of piperidine rings is 1. The van der Waals surface area contributed by atoms with Gasteiger partial charge in [-0.15, -0.1) is 0 Å². The second-order valence-corrected chi connectivity index (χ2v) is 4.36. The Hall–Kier alpha value is -2.38. The van der Waals surface area contributed by atoms with Crippen LogP contribution in [0.25, 0.3) is 0 Å². The zero-order valence-corrected chi connectivity index (χ0v) is 10.3. The highest BCUT2D eigenvalue weighted by molar-refractivity contribution is 5.97. The Morgan fingerprint density at radius 3 is 2.74 bits per heavy atom. The molecule has 0 amide bonds. The van der Waals surface area contributed by atoms with Crippen molar-refractivity contribution < 1.29 is 10.1 Å². The molecule has 0 radical (unpaired) electrons. The Bertz CT molecular complexity index is 511. The van der Waals surface area contributed by atoms with Crippen molar-refractivity contribution in [1.29, 1.82) is 0 Å². The van der Waals surface area contributed by atoms with Gasteiger partial charge in [0, 0.05) is 30.9 Å². The minimum Gasteiger partial charge on any atom is -0.409 e. The second kappa shape index (κ2) is 5.51. The third-order valence-electron chi connectivity index (χ3n) is 3.10. The van der Waals surface area contributed by atoms with Crippen molar-refractivity contribution in [3.63, 3.8) is 0 Å². The monoisotopic (exact) mass is 265 g/mol. The molecule has 8 heteroatoms. The topological polar surface area (TPSA) is 118 Å². The van der Waals surface area contributed by atoms with Crippen LogP contribution in [0.1, 0.15) is 24.8 Å². The summed E-state index contributed by atoms with van der Waals surface area (Å²) in [6.07, 6.45) is 4.51. The summed E-state index contributed by atoms with van der Waals surface area (Å²) in [4.78, 5) is 16.6. The fourth-order valence-electron chi connectivity index (χ4n) is 2.13. The van der Waals surface area contributed by atoms with E-state index in [2.05, 4.69) is 10.1 Å². The molecule has 2 heterocycles. The Labute approximate surface area is 109 Å². The number of amidine groups is 1. The number of anilines is 1. The van der Waals surface area contributed by atoms with Crippen LogP contribution in [-0.2, 0) is 0 Å². The third-order valence-corrected chi connectivity index (χ3v) is 3.10. The summed E-state index contributed by atoms with van der Waals surface area (Å²) in [5, 5.41) is 22.5. The number of rotatable bonds is 3. The molecular weight excluding hydrogens is 250 g/mol. The first-order valence-corrected chi connectivity index (χ1v) is 6.00. The van der Waals surface area contributed by atoms with E-state index in [1.165, 1.54) is 12.3 Å². The highest BCUT2D eigenvalue weighted by atomic mass is 16.6. The van der Waals surface area contributed by atoms with Crippen LogP contribution in [0.15, 0.2) is 17.4 Å². The fraction of sp³-hybridized carbons (Fsp3) is 0.455. The molecule has 0 aromatic carbocycles. The molecule has 102 valence electrons. The highest BCUT2D eigenvalue weighted by Gasteiger charge is 2.23. The van der Waals surface area contributed by atoms with Crippen LogP contribution in [-0.4, -0.2) is 34.0 Å². The zero-order valence-electron chi connectivity index (χ0n) is 10.3. The van der Waals surface area contributed by atoms with Gasteiger partial charge >= 0.3 is 5.69 Å². The lowest BCUT2D eigenvalue weighted by atomic mass is 10.1.